The Balaban J connectivity index is 1.99. The quantitative estimate of drug-likeness (QED) is 0.591. The normalized spacial score (nSPS) is 11.4. The molecule has 0 radical (unpaired) electrons. The maximum Gasteiger partial charge on any atom is 0.213 e. The van der Waals surface area contributed by atoms with Crippen LogP contribution in [0.15, 0.2) is 41.7 Å². The van der Waals surface area contributed by atoms with Crippen LogP contribution in [0.5, 0.6) is 5.88 Å². The molecule has 6 heteroatoms. The SMILES string of the molecule is CCCOc1ccc(CN=C(NCC)N(C)Cc2cccn2C)cn1. The van der Waals surface area contributed by atoms with Gasteiger partial charge in [0.1, 0.15) is 0 Å². The van der Waals surface area contributed by atoms with Gasteiger partial charge in [-0.25, -0.2) is 9.98 Å². The maximum absolute atomic E-state index is 5.51. The Morgan fingerprint density at radius 3 is 2.76 bits per heavy atom. The summed E-state index contributed by atoms with van der Waals surface area (Å²) >= 11 is 0. The lowest BCUT2D eigenvalue weighted by atomic mass is 10.3. The summed E-state index contributed by atoms with van der Waals surface area (Å²) in [6.45, 7) is 7.07. The van der Waals surface area contributed by atoms with E-state index in [0.29, 0.717) is 19.0 Å². The van der Waals surface area contributed by atoms with Crippen LogP contribution >= 0.6 is 0 Å². The summed E-state index contributed by atoms with van der Waals surface area (Å²) in [4.78, 5) is 11.2. The molecule has 0 amide bonds. The number of ether oxygens (including phenoxy) is 1. The van der Waals surface area contributed by atoms with Crippen LogP contribution < -0.4 is 10.1 Å². The Hall–Kier alpha value is -2.50. The van der Waals surface area contributed by atoms with Crippen LogP contribution in [0, 0.1) is 0 Å². The van der Waals surface area contributed by atoms with Crippen LogP contribution in [0.25, 0.3) is 0 Å². The van der Waals surface area contributed by atoms with Crippen LogP contribution in [0.2, 0.25) is 0 Å². The van der Waals surface area contributed by atoms with E-state index in [4.69, 9.17) is 9.73 Å². The van der Waals surface area contributed by atoms with Crippen molar-refractivity contribution < 1.29 is 4.74 Å². The highest BCUT2D eigenvalue weighted by molar-refractivity contribution is 5.79. The van der Waals surface area contributed by atoms with Crippen molar-refractivity contribution in [3.05, 3.63) is 47.9 Å². The van der Waals surface area contributed by atoms with Gasteiger partial charge in [0.25, 0.3) is 0 Å². The van der Waals surface area contributed by atoms with E-state index in [0.717, 1.165) is 31.0 Å². The molecule has 0 bridgehead atoms. The first-order valence-electron chi connectivity index (χ1n) is 8.81. The molecule has 0 atom stereocenters. The van der Waals surface area contributed by atoms with E-state index < -0.39 is 0 Å². The molecule has 6 nitrogen and oxygen atoms in total. The van der Waals surface area contributed by atoms with Gasteiger partial charge in [-0.2, -0.15) is 0 Å². The van der Waals surface area contributed by atoms with Crippen molar-refractivity contribution in [2.45, 2.75) is 33.4 Å². The Kier molecular flexibility index (Phi) is 7.32. The highest BCUT2D eigenvalue weighted by Crippen LogP contribution is 2.09. The van der Waals surface area contributed by atoms with Crippen molar-refractivity contribution in [1.82, 2.24) is 19.8 Å². The summed E-state index contributed by atoms with van der Waals surface area (Å²) in [5.41, 5.74) is 2.30. The van der Waals surface area contributed by atoms with E-state index >= 15 is 0 Å². The predicted molar refractivity (Wildman–Crippen MR) is 102 cm³/mol. The van der Waals surface area contributed by atoms with Crippen LogP contribution in [0.1, 0.15) is 31.5 Å². The average molecular weight is 343 g/mol. The Morgan fingerprint density at radius 2 is 2.16 bits per heavy atom. The first kappa shape index (κ1) is 18.8. The zero-order valence-electron chi connectivity index (χ0n) is 15.7. The highest BCUT2D eigenvalue weighted by atomic mass is 16.5. The second kappa shape index (κ2) is 9.71. The molecule has 0 saturated carbocycles. The van der Waals surface area contributed by atoms with Crippen LogP contribution in [0.3, 0.4) is 0 Å². The van der Waals surface area contributed by atoms with E-state index in [-0.39, 0.29) is 0 Å². The molecule has 2 aromatic rings. The molecule has 2 rings (SSSR count). The number of aryl methyl sites for hydroxylation is 1. The lowest BCUT2D eigenvalue weighted by Gasteiger charge is -2.22. The Bertz CT molecular complexity index is 663. The fourth-order valence-corrected chi connectivity index (χ4v) is 2.41. The molecule has 0 saturated heterocycles. The number of guanidine groups is 1. The third-order valence-corrected chi connectivity index (χ3v) is 3.81. The van der Waals surface area contributed by atoms with Gasteiger partial charge in [0, 0.05) is 44.8 Å². The molecule has 0 unspecified atom stereocenters. The van der Waals surface area contributed by atoms with Gasteiger partial charge in [0.15, 0.2) is 5.96 Å². The van der Waals surface area contributed by atoms with Crippen LogP contribution in [-0.4, -0.2) is 40.6 Å². The first-order valence-corrected chi connectivity index (χ1v) is 8.81. The minimum Gasteiger partial charge on any atom is -0.478 e. The van der Waals surface area contributed by atoms with Crippen molar-refractivity contribution in [2.24, 2.45) is 12.0 Å². The van der Waals surface area contributed by atoms with Crippen LogP contribution in [-0.2, 0) is 20.1 Å². The van der Waals surface area contributed by atoms with E-state index in [1.54, 1.807) is 0 Å². The fraction of sp³-hybridized carbons (Fsp3) is 0.474. The van der Waals surface area contributed by atoms with Crippen LogP contribution in [0.4, 0.5) is 0 Å². The lowest BCUT2D eigenvalue weighted by molar-refractivity contribution is 0.305. The van der Waals surface area contributed by atoms with Gasteiger partial charge in [-0.1, -0.05) is 13.0 Å². The van der Waals surface area contributed by atoms with Gasteiger partial charge in [-0.15, -0.1) is 0 Å². The van der Waals surface area contributed by atoms with E-state index in [2.05, 4.69) is 66.0 Å². The number of hydrogen-bond donors (Lipinski definition) is 1. The smallest absolute Gasteiger partial charge is 0.213 e. The summed E-state index contributed by atoms with van der Waals surface area (Å²) < 4.78 is 7.64. The predicted octanol–water partition coefficient (Wildman–Crippen LogP) is 2.81. The molecule has 0 aliphatic carbocycles. The van der Waals surface area contributed by atoms with Crippen molar-refractivity contribution in [3.63, 3.8) is 0 Å². The minimum absolute atomic E-state index is 0.584. The number of rotatable bonds is 8. The first-order chi connectivity index (χ1) is 12.1. The minimum atomic E-state index is 0.584. The largest absolute Gasteiger partial charge is 0.478 e. The van der Waals surface area contributed by atoms with Gasteiger partial charge < -0.3 is 19.5 Å². The molecule has 2 heterocycles. The van der Waals surface area contributed by atoms with Gasteiger partial charge >= 0.3 is 0 Å². The second-order valence-electron chi connectivity index (χ2n) is 5.99. The summed E-state index contributed by atoms with van der Waals surface area (Å²) in [7, 11) is 4.11. The number of nitrogens with one attached hydrogen (secondary N) is 1. The van der Waals surface area contributed by atoms with Gasteiger partial charge in [-0.05, 0) is 31.0 Å². The lowest BCUT2D eigenvalue weighted by Crippen LogP contribution is -2.38. The molecule has 0 fully saturated rings. The third kappa shape index (κ3) is 5.81. The molecule has 2 aromatic heterocycles. The molecule has 1 N–H and O–H groups in total. The Labute approximate surface area is 150 Å². The zero-order chi connectivity index (χ0) is 18.1. The van der Waals surface area contributed by atoms with Crippen molar-refractivity contribution in [1.29, 1.82) is 0 Å². The highest BCUT2D eigenvalue weighted by Gasteiger charge is 2.08. The summed E-state index contributed by atoms with van der Waals surface area (Å²) in [5.74, 6) is 1.55. The second-order valence-corrected chi connectivity index (χ2v) is 5.99. The molecular formula is C19H29N5O. The van der Waals surface area contributed by atoms with Gasteiger partial charge in [0.05, 0.1) is 19.7 Å². The number of aromatic nitrogens is 2. The topological polar surface area (TPSA) is 54.7 Å². The average Bonchev–Trinajstić information content (AvgIpc) is 3.02. The fourth-order valence-electron chi connectivity index (χ4n) is 2.41. The van der Waals surface area contributed by atoms with E-state index in [9.17, 15) is 0 Å². The van der Waals surface area contributed by atoms with Crippen molar-refractivity contribution in [3.8, 4) is 5.88 Å². The standard InChI is InChI=1S/C19H29N5O/c1-5-12-25-18-10-9-16(13-21-18)14-22-19(20-6-2)24(4)15-17-8-7-11-23(17)3/h7-11,13H,5-6,12,14-15H2,1-4H3,(H,20,22). The molecule has 136 valence electrons. The number of hydrogen-bond acceptors (Lipinski definition) is 3. The van der Waals surface area contributed by atoms with Crippen molar-refractivity contribution >= 4 is 5.96 Å². The monoisotopic (exact) mass is 343 g/mol. The van der Waals surface area contributed by atoms with Gasteiger partial charge in [0.2, 0.25) is 5.88 Å². The van der Waals surface area contributed by atoms with Gasteiger partial charge in [-0.3, -0.25) is 0 Å². The van der Waals surface area contributed by atoms with E-state index in [1.165, 1.54) is 5.69 Å². The third-order valence-electron chi connectivity index (χ3n) is 3.81. The maximum atomic E-state index is 5.51. The molecule has 0 aromatic carbocycles. The number of nitrogens with zero attached hydrogens (tertiary/aromatic N) is 4. The van der Waals surface area contributed by atoms with E-state index in [1.807, 2.05) is 18.3 Å². The molecule has 0 aliphatic rings. The summed E-state index contributed by atoms with van der Waals surface area (Å²) in [5, 5.41) is 3.35. The zero-order valence-corrected chi connectivity index (χ0v) is 15.7. The molecule has 0 aliphatic heterocycles. The number of aliphatic imine (C=N–C) groups is 1. The molecular weight excluding hydrogens is 314 g/mol. The van der Waals surface area contributed by atoms with Crippen molar-refractivity contribution in [2.75, 3.05) is 20.2 Å². The molecule has 0 spiro atoms. The number of pyridine rings is 1. The Morgan fingerprint density at radius 1 is 1.32 bits per heavy atom. The summed E-state index contributed by atoms with van der Waals surface area (Å²) in [6, 6.07) is 8.10. The summed E-state index contributed by atoms with van der Waals surface area (Å²) in [6.07, 6.45) is 4.86. The molecule has 25 heavy (non-hydrogen) atoms.